The maximum absolute atomic E-state index is 12.9. The van der Waals surface area contributed by atoms with Crippen LogP contribution in [0.1, 0.15) is 164 Å². The van der Waals surface area contributed by atoms with E-state index in [1.54, 1.807) is 0 Å². The first-order valence-electron chi connectivity index (χ1n) is 18.1. The zero-order valence-electron chi connectivity index (χ0n) is 32.6. The van der Waals surface area contributed by atoms with Gasteiger partial charge in [0.25, 0.3) is 0 Å². The Balaban J connectivity index is 2.31. The predicted molar refractivity (Wildman–Crippen MR) is 207 cm³/mol. The van der Waals surface area contributed by atoms with Gasteiger partial charge in [0, 0.05) is 0 Å². The average molecular weight is 663 g/mol. The van der Waals surface area contributed by atoms with Crippen LogP contribution in [0.15, 0.2) is 60.7 Å². The van der Waals surface area contributed by atoms with Crippen molar-refractivity contribution in [2.75, 3.05) is 0 Å². The summed E-state index contributed by atoms with van der Waals surface area (Å²) in [6.07, 6.45) is 4.95. The first-order chi connectivity index (χ1) is 21.6. The molecule has 4 heteroatoms. The van der Waals surface area contributed by atoms with Crippen LogP contribution in [0, 0.1) is 0 Å². The van der Waals surface area contributed by atoms with Gasteiger partial charge in [-0.3, -0.25) is 0 Å². The molecule has 0 bridgehead atoms. The van der Waals surface area contributed by atoms with Crippen molar-refractivity contribution in [1.82, 2.24) is 0 Å². The van der Waals surface area contributed by atoms with Crippen LogP contribution in [0.5, 0.6) is 11.5 Å². The van der Waals surface area contributed by atoms with Crippen molar-refractivity contribution in [3.05, 3.63) is 88.5 Å². The van der Waals surface area contributed by atoms with Crippen molar-refractivity contribution < 1.29 is 13.9 Å². The van der Waals surface area contributed by atoms with E-state index in [9.17, 15) is 4.89 Å². The normalized spacial score (nSPS) is 13.9. The quantitative estimate of drug-likeness (QED) is 0.165. The monoisotopic (exact) mass is 662 g/mol. The fourth-order valence-corrected chi connectivity index (χ4v) is 7.52. The predicted octanol–water partition coefficient (Wildman–Crippen LogP) is 12.4. The molecule has 3 nitrogen and oxygen atoms in total. The molecule has 0 spiro atoms. The van der Waals surface area contributed by atoms with Crippen molar-refractivity contribution >= 4 is 13.2 Å². The Hall–Kier alpha value is -2.35. The summed E-state index contributed by atoms with van der Waals surface area (Å²) in [6, 6.07) is 21.4. The summed E-state index contributed by atoms with van der Waals surface area (Å²) in [5, 5.41) is 0.699. The van der Waals surface area contributed by atoms with Gasteiger partial charge in [-0.2, -0.15) is 0 Å². The second kappa shape index (κ2) is 14.2. The molecule has 0 aliphatic heterocycles. The SMILES string of the molecule is CCC(C)(C)c1ccc([PH](O)(Oc2ccc(C(C)(C)CC)cc2C(C)(C)CC)Oc2ccc(C(C)(C)CC)cc2C(C)(C)CC)cc1. The molecule has 262 valence electrons. The number of hydrogen-bond acceptors (Lipinski definition) is 3. The Morgan fingerprint density at radius 2 is 0.745 bits per heavy atom. The number of hydrogen-bond donors (Lipinski definition) is 1. The standard InChI is InChI=1S/C43H67O3P/c1-16-39(6,7)31-21-25-34(26-22-31)47(44,45-37-27-23-32(40(8,9)17-2)29-35(37)42(12,13)19-4)46-38-28-24-33(41(10,11)18-3)30-36(38)43(14,15)20-5/h21-30,44,47H,16-20H2,1-15H3. The van der Waals surface area contributed by atoms with Crippen molar-refractivity contribution in [2.45, 2.75) is 163 Å². The molecule has 0 saturated heterocycles. The minimum atomic E-state index is -4.09. The summed E-state index contributed by atoms with van der Waals surface area (Å²) in [5.74, 6) is 1.39. The summed E-state index contributed by atoms with van der Waals surface area (Å²) < 4.78 is 13.9. The fraction of sp³-hybridized carbons (Fsp3) is 0.581. The van der Waals surface area contributed by atoms with E-state index in [-0.39, 0.29) is 27.1 Å². The van der Waals surface area contributed by atoms with Crippen LogP contribution in [-0.2, 0) is 27.1 Å². The first kappa shape index (κ1) is 39.1. The molecule has 0 fully saturated rings. The molecular formula is C43H67O3P. The zero-order chi connectivity index (χ0) is 35.6. The van der Waals surface area contributed by atoms with E-state index in [4.69, 9.17) is 9.05 Å². The van der Waals surface area contributed by atoms with Gasteiger partial charge < -0.3 is 0 Å². The molecule has 3 rings (SSSR count). The van der Waals surface area contributed by atoms with Gasteiger partial charge in [-0.1, -0.05) is 0 Å². The molecule has 3 aromatic rings. The molecule has 1 N–H and O–H groups in total. The number of benzene rings is 3. The van der Waals surface area contributed by atoms with E-state index in [0.717, 1.165) is 43.2 Å². The molecule has 0 aliphatic carbocycles. The van der Waals surface area contributed by atoms with Gasteiger partial charge in [0.05, 0.1) is 0 Å². The molecule has 0 aliphatic rings. The van der Waals surface area contributed by atoms with E-state index in [2.05, 4.69) is 152 Å². The van der Waals surface area contributed by atoms with Gasteiger partial charge in [-0.15, -0.1) is 0 Å². The van der Waals surface area contributed by atoms with Crippen LogP contribution in [0.3, 0.4) is 0 Å². The fourth-order valence-electron chi connectivity index (χ4n) is 5.70. The Morgan fingerprint density at radius 1 is 0.447 bits per heavy atom. The van der Waals surface area contributed by atoms with Gasteiger partial charge in [0.2, 0.25) is 0 Å². The van der Waals surface area contributed by atoms with Crippen molar-refractivity contribution in [1.29, 1.82) is 0 Å². The van der Waals surface area contributed by atoms with Gasteiger partial charge >= 0.3 is 290 Å². The van der Waals surface area contributed by atoms with Crippen LogP contribution in [0.25, 0.3) is 0 Å². The molecule has 0 heterocycles. The first-order valence-corrected chi connectivity index (χ1v) is 19.9. The Kier molecular flexibility index (Phi) is 11.9. The maximum atomic E-state index is 12.9. The summed E-state index contributed by atoms with van der Waals surface area (Å²) in [4.78, 5) is 12.9. The molecule has 0 atom stereocenters. The summed E-state index contributed by atoms with van der Waals surface area (Å²) in [5.41, 5.74) is 5.75. The Morgan fingerprint density at radius 3 is 1.06 bits per heavy atom. The van der Waals surface area contributed by atoms with Crippen LogP contribution in [0.4, 0.5) is 0 Å². The van der Waals surface area contributed by atoms with Crippen LogP contribution in [-0.4, -0.2) is 4.89 Å². The third-order valence-electron chi connectivity index (χ3n) is 11.9. The van der Waals surface area contributed by atoms with E-state index >= 15 is 0 Å². The van der Waals surface area contributed by atoms with Gasteiger partial charge in [-0.25, -0.2) is 0 Å². The van der Waals surface area contributed by atoms with Crippen molar-refractivity contribution in [2.24, 2.45) is 0 Å². The van der Waals surface area contributed by atoms with Gasteiger partial charge in [0.15, 0.2) is 0 Å². The van der Waals surface area contributed by atoms with Crippen LogP contribution < -0.4 is 14.4 Å². The Bertz CT molecular complexity index is 1410. The average Bonchev–Trinajstić information content (AvgIpc) is 3.04. The van der Waals surface area contributed by atoms with E-state index in [1.165, 1.54) is 16.7 Å². The molecule has 0 radical (unpaired) electrons. The summed E-state index contributed by atoms with van der Waals surface area (Å²) in [7, 11) is -4.09. The zero-order valence-corrected chi connectivity index (χ0v) is 33.6. The third kappa shape index (κ3) is 8.45. The van der Waals surface area contributed by atoms with Gasteiger partial charge in [-0.05, 0) is 0 Å². The summed E-state index contributed by atoms with van der Waals surface area (Å²) in [6.45, 7) is 33.8. The molecule has 3 aromatic carbocycles. The second-order valence-electron chi connectivity index (χ2n) is 17.0. The van der Waals surface area contributed by atoms with Crippen molar-refractivity contribution in [3.8, 4) is 11.5 Å². The van der Waals surface area contributed by atoms with Crippen LogP contribution >= 0.6 is 7.94 Å². The molecule has 0 unspecified atom stereocenters. The van der Waals surface area contributed by atoms with E-state index in [1.807, 2.05) is 12.1 Å². The van der Waals surface area contributed by atoms with Crippen LogP contribution in [0.2, 0.25) is 0 Å². The molecule has 0 amide bonds. The summed E-state index contributed by atoms with van der Waals surface area (Å²) >= 11 is 0. The molecule has 47 heavy (non-hydrogen) atoms. The molecule has 0 saturated carbocycles. The molecule has 0 aromatic heterocycles. The van der Waals surface area contributed by atoms with E-state index < -0.39 is 7.94 Å². The topological polar surface area (TPSA) is 38.7 Å². The second-order valence-corrected chi connectivity index (χ2v) is 19.1. The number of rotatable bonds is 15. The Labute approximate surface area is 289 Å². The van der Waals surface area contributed by atoms with Crippen molar-refractivity contribution in [3.63, 3.8) is 0 Å². The molecular weight excluding hydrogens is 595 g/mol. The van der Waals surface area contributed by atoms with E-state index in [0.29, 0.717) is 16.8 Å². The third-order valence-corrected chi connectivity index (χ3v) is 14.0. The minimum absolute atomic E-state index is 0.0257. The van der Waals surface area contributed by atoms with Gasteiger partial charge in [0.1, 0.15) is 0 Å².